The molecule has 1 aliphatic heterocycles. The van der Waals surface area contributed by atoms with Crippen LogP contribution in [0.25, 0.3) is 0 Å². The van der Waals surface area contributed by atoms with Gasteiger partial charge in [0.15, 0.2) is 5.15 Å². The van der Waals surface area contributed by atoms with E-state index in [4.69, 9.17) is 16.3 Å². The first kappa shape index (κ1) is 23.9. The number of hydrogen-bond donors (Lipinski definition) is 0. The Kier molecular flexibility index (Phi) is 6.14. The van der Waals surface area contributed by atoms with E-state index in [1.165, 1.54) is 6.07 Å². The smallest absolute Gasteiger partial charge is 0.419 e. The zero-order chi connectivity index (χ0) is 24.1. The molecule has 10 heteroatoms. The summed E-state index contributed by atoms with van der Waals surface area (Å²) < 4.78 is 60.8. The molecule has 180 valence electrons. The molecule has 1 aromatic carbocycles. The van der Waals surface area contributed by atoms with Crippen LogP contribution in [-0.4, -0.2) is 32.7 Å². The van der Waals surface area contributed by atoms with Gasteiger partial charge in [-0.25, -0.2) is 14.2 Å². The number of carbonyl (C=O) groups excluding carboxylic acids is 1. The Hall–Kier alpha value is -2.29. The van der Waals surface area contributed by atoms with Crippen LogP contribution < -0.4 is 0 Å². The Labute approximate surface area is 194 Å². The van der Waals surface area contributed by atoms with Gasteiger partial charge in [0.25, 0.3) is 0 Å². The highest BCUT2D eigenvalue weighted by molar-refractivity contribution is 6.30. The summed E-state index contributed by atoms with van der Waals surface area (Å²) in [6.45, 7) is 6.19. The second-order valence-electron chi connectivity index (χ2n) is 9.61. The van der Waals surface area contributed by atoms with Crippen molar-refractivity contribution in [1.82, 2.24) is 14.5 Å². The van der Waals surface area contributed by atoms with E-state index in [9.17, 15) is 22.4 Å². The van der Waals surface area contributed by atoms with E-state index in [2.05, 4.69) is 4.98 Å². The van der Waals surface area contributed by atoms with Crippen molar-refractivity contribution in [3.63, 3.8) is 0 Å². The number of hydrogen-bond acceptors (Lipinski definition) is 3. The number of carbonyl (C=O) groups is 1. The first-order valence-electron chi connectivity index (χ1n) is 11.0. The van der Waals surface area contributed by atoms with E-state index >= 15 is 0 Å². The highest BCUT2D eigenvalue weighted by atomic mass is 35.5. The highest BCUT2D eigenvalue weighted by Crippen LogP contribution is 2.44. The summed E-state index contributed by atoms with van der Waals surface area (Å²) in [5.74, 6) is -0.0732. The van der Waals surface area contributed by atoms with E-state index in [0.29, 0.717) is 35.4 Å². The Bertz CT molecular complexity index is 1060. The van der Waals surface area contributed by atoms with E-state index in [1.54, 1.807) is 25.7 Å². The number of ether oxygens (including phenoxy) is 1. The van der Waals surface area contributed by atoms with Crippen molar-refractivity contribution in [2.45, 2.75) is 76.7 Å². The zero-order valence-corrected chi connectivity index (χ0v) is 19.4. The number of halogens is 5. The van der Waals surface area contributed by atoms with Crippen LogP contribution in [-0.2, 0) is 23.9 Å². The highest BCUT2D eigenvalue weighted by Gasteiger charge is 2.40. The van der Waals surface area contributed by atoms with Gasteiger partial charge in [-0.3, -0.25) is 4.90 Å². The zero-order valence-electron chi connectivity index (χ0n) is 18.7. The van der Waals surface area contributed by atoms with Crippen LogP contribution in [0.3, 0.4) is 0 Å². The lowest BCUT2D eigenvalue weighted by molar-refractivity contribution is -0.140. The fraction of sp³-hybridized carbons (Fsp3) is 0.565. The first-order valence-corrected chi connectivity index (χ1v) is 11.3. The molecule has 1 saturated carbocycles. The maximum absolute atomic E-state index is 13.7. The molecule has 1 aromatic heterocycles. The van der Waals surface area contributed by atoms with Crippen molar-refractivity contribution in [3.8, 4) is 0 Å². The maximum Gasteiger partial charge on any atom is 0.419 e. The number of aromatic nitrogens is 2. The minimum absolute atomic E-state index is 0.188. The van der Waals surface area contributed by atoms with Crippen molar-refractivity contribution in [1.29, 1.82) is 0 Å². The van der Waals surface area contributed by atoms with E-state index in [-0.39, 0.29) is 12.8 Å². The molecule has 1 unspecified atom stereocenters. The molecular weight excluding hydrogens is 462 g/mol. The van der Waals surface area contributed by atoms with Crippen molar-refractivity contribution >= 4 is 17.7 Å². The van der Waals surface area contributed by atoms with Gasteiger partial charge in [0.2, 0.25) is 0 Å². The van der Waals surface area contributed by atoms with Gasteiger partial charge in [-0.05, 0) is 64.2 Å². The molecule has 0 bridgehead atoms. The number of nitrogens with zero attached hydrogens (tertiary/aromatic N) is 3. The molecule has 2 heterocycles. The molecule has 0 spiro atoms. The second kappa shape index (κ2) is 8.49. The van der Waals surface area contributed by atoms with Gasteiger partial charge in [-0.15, -0.1) is 0 Å². The molecule has 2 aromatic rings. The monoisotopic (exact) mass is 487 g/mol. The third-order valence-electron chi connectivity index (χ3n) is 5.86. The van der Waals surface area contributed by atoms with Gasteiger partial charge < -0.3 is 9.30 Å². The quantitative estimate of drug-likeness (QED) is 0.463. The van der Waals surface area contributed by atoms with Crippen molar-refractivity contribution in [3.05, 3.63) is 51.8 Å². The number of benzene rings is 1. The van der Waals surface area contributed by atoms with E-state index in [1.807, 2.05) is 4.57 Å². The van der Waals surface area contributed by atoms with Crippen LogP contribution in [0.15, 0.2) is 18.2 Å². The predicted molar refractivity (Wildman–Crippen MR) is 115 cm³/mol. The van der Waals surface area contributed by atoms with Crippen LogP contribution in [0.2, 0.25) is 5.15 Å². The van der Waals surface area contributed by atoms with Crippen LogP contribution in [0.4, 0.5) is 22.4 Å². The van der Waals surface area contributed by atoms with Crippen molar-refractivity contribution < 1.29 is 27.1 Å². The molecule has 0 saturated heterocycles. The predicted octanol–water partition coefficient (Wildman–Crippen LogP) is 6.50. The summed E-state index contributed by atoms with van der Waals surface area (Å²) in [6, 6.07) is 2.46. The van der Waals surface area contributed by atoms with Crippen LogP contribution in [0.5, 0.6) is 0 Å². The molecule has 1 amide bonds. The summed E-state index contributed by atoms with van der Waals surface area (Å²) in [5, 5.41) is 0.297. The van der Waals surface area contributed by atoms with Gasteiger partial charge in [0, 0.05) is 19.0 Å². The summed E-state index contributed by atoms with van der Waals surface area (Å²) >= 11 is 6.51. The van der Waals surface area contributed by atoms with Gasteiger partial charge in [-0.1, -0.05) is 17.7 Å². The molecule has 0 N–H and O–H groups in total. The molecule has 4 rings (SSSR count). The normalized spacial score (nSPS) is 18.9. The Morgan fingerprint density at radius 3 is 2.52 bits per heavy atom. The third-order valence-corrected chi connectivity index (χ3v) is 6.14. The summed E-state index contributed by atoms with van der Waals surface area (Å²) in [4.78, 5) is 19.1. The summed E-state index contributed by atoms with van der Waals surface area (Å²) in [5.41, 5.74) is -1.01. The van der Waals surface area contributed by atoms with Gasteiger partial charge >= 0.3 is 12.3 Å². The summed E-state index contributed by atoms with van der Waals surface area (Å²) in [6.07, 6.45) is -2.76. The average Bonchev–Trinajstić information content (AvgIpc) is 3.48. The average molecular weight is 488 g/mol. The number of alkyl halides is 3. The number of aryl methyl sites for hydroxylation is 1. The summed E-state index contributed by atoms with van der Waals surface area (Å²) in [7, 11) is 0. The minimum atomic E-state index is -4.78. The largest absolute Gasteiger partial charge is 0.444 e. The third kappa shape index (κ3) is 5.13. The second-order valence-corrected chi connectivity index (χ2v) is 9.97. The lowest BCUT2D eigenvalue weighted by Gasteiger charge is -2.38. The first-order chi connectivity index (χ1) is 15.3. The molecule has 1 atom stereocenters. The fourth-order valence-corrected chi connectivity index (χ4v) is 4.56. The fourth-order valence-electron chi connectivity index (χ4n) is 4.25. The van der Waals surface area contributed by atoms with Crippen LogP contribution in [0, 0.1) is 5.82 Å². The van der Waals surface area contributed by atoms with E-state index in [0.717, 1.165) is 30.8 Å². The van der Waals surface area contributed by atoms with E-state index < -0.39 is 35.3 Å². The number of imidazole rings is 1. The van der Waals surface area contributed by atoms with Gasteiger partial charge in [0.05, 0.1) is 17.3 Å². The maximum atomic E-state index is 13.7. The molecule has 5 nitrogen and oxygen atoms in total. The molecule has 0 radical (unpaired) electrons. The lowest BCUT2D eigenvalue weighted by Crippen LogP contribution is -2.45. The molecular formula is C23H26ClF4N3O2. The number of rotatable bonds is 4. The SMILES string of the molecule is CC(C)(C)OC(=O)N1CCn2c(C3CC3)nc(Cl)c2C1CCc1ccc(F)c(C(F)(F)F)c1. The Morgan fingerprint density at radius 1 is 1.21 bits per heavy atom. The topological polar surface area (TPSA) is 47.4 Å². The lowest BCUT2D eigenvalue weighted by atomic mass is 9.99. The standard InChI is InChI=1S/C23H26ClF4N3O2/c1-22(2,3)33-21(32)30-10-11-31-18(19(24)29-20(31)14-6-7-14)17(30)9-5-13-4-8-16(25)15(12-13)23(26,27)28/h4,8,12,14,17H,5-7,9-11H2,1-3H3. The van der Waals surface area contributed by atoms with Gasteiger partial charge in [-0.2, -0.15) is 13.2 Å². The van der Waals surface area contributed by atoms with Gasteiger partial charge in [0.1, 0.15) is 17.2 Å². The molecule has 1 fully saturated rings. The Morgan fingerprint density at radius 2 is 1.91 bits per heavy atom. The van der Waals surface area contributed by atoms with Crippen molar-refractivity contribution in [2.75, 3.05) is 6.54 Å². The molecule has 1 aliphatic carbocycles. The minimum Gasteiger partial charge on any atom is -0.444 e. The Balaban J connectivity index is 1.64. The van der Waals surface area contributed by atoms with Crippen LogP contribution in [0.1, 0.15) is 74.6 Å². The van der Waals surface area contributed by atoms with Crippen LogP contribution >= 0.6 is 11.6 Å². The molecule has 2 aliphatic rings. The number of fused-ring (bicyclic) bond motifs is 1. The van der Waals surface area contributed by atoms with Crippen molar-refractivity contribution in [2.24, 2.45) is 0 Å². The molecule has 33 heavy (non-hydrogen) atoms. The number of amides is 1.